The Hall–Kier alpha value is -1.62. The summed E-state index contributed by atoms with van der Waals surface area (Å²) in [6.45, 7) is 0.291. The number of nitrogens with zero attached hydrogens (tertiary/aromatic N) is 2. The third-order valence-electron chi connectivity index (χ3n) is 1.56. The zero-order valence-electron chi connectivity index (χ0n) is 7.27. The fourth-order valence-corrected chi connectivity index (χ4v) is 0.917. The predicted octanol–water partition coefficient (Wildman–Crippen LogP) is 0.696. The molecule has 1 rings (SSSR count). The number of hydrogen-bond donors (Lipinski definition) is 2. The standard InChI is InChI=1S/C8H11N3O2/c1-9-11(8(12)13)6-7-3-2-4-10-5-7/h2-5,9H,6H2,1H3,(H,12,13). The monoisotopic (exact) mass is 181 g/mol. The van der Waals surface area contributed by atoms with Crippen LogP contribution in [0.15, 0.2) is 24.5 Å². The molecule has 0 radical (unpaired) electrons. The van der Waals surface area contributed by atoms with Crippen molar-refractivity contribution in [3.63, 3.8) is 0 Å². The maximum Gasteiger partial charge on any atom is 0.422 e. The molecule has 1 heterocycles. The van der Waals surface area contributed by atoms with Crippen LogP contribution in [0.1, 0.15) is 5.56 Å². The van der Waals surface area contributed by atoms with E-state index in [-0.39, 0.29) is 0 Å². The molecule has 70 valence electrons. The molecule has 1 amide bonds. The van der Waals surface area contributed by atoms with Gasteiger partial charge in [0, 0.05) is 19.4 Å². The van der Waals surface area contributed by atoms with Crippen LogP contribution in [0, 0.1) is 0 Å². The maximum absolute atomic E-state index is 10.6. The van der Waals surface area contributed by atoms with Crippen LogP contribution >= 0.6 is 0 Å². The molecule has 1 aromatic heterocycles. The molecule has 5 nitrogen and oxygen atoms in total. The van der Waals surface area contributed by atoms with Gasteiger partial charge in [0.25, 0.3) is 0 Å². The molecule has 2 N–H and O–H groups in total. The first-order chi connectivity index (χ1) is 6.24. The molecule has 0 unspecified atom stereocenters. The van der Waals surface area contributed by atoms with Crippen molar-refractivity contribution >= 4 is 6.09 Å². The van der Waals surface area contributed by atoms with Crippen molar-refractivity contribution in [2.24, 2.45) is 0 Å². The van der Waals surface area contributed by atoms with Gasteiger partial charge in [0.2, 0.25) is 0 Å². The highest BCUT2D eigenvalue weighted by atomic mass is 16.4. The Kier molecular flexibility index (Phi) is 3.22. The second-order valence-electron chi connectivity index (χ2n) is 2.45. The summed E-state index contributed by atoms with van der Waals surface area (Å²) in [6.07, 6.45) is 2.27. The number of aromatic nitrogens is 1. The van der Waals surface area contributed by atoms with E-state index in [1.165, 1.54) is 0 Å². The number of pyridine rings is 1. The van der Waals surface area contributed by atoms with Gasteiger partial charge in [0.05, 0.1) is 6.54 Å². The molecule has 0 aliphatic heterocycles. The summed E-state index contributed by atoms with van der Waals surface area (Å²) in [6, 6.07) is 3.59. The minimum atomic E-state index is -1.01. The predicted molar refractivity (Wildman–Crippen MR) is 46.9 cm³/mol. The number of carbonyl (C=O) groups is 1. The van der Waals surface area contributed by atoms with Gasteiger partial charge in [-0.05, 0) is 11.6 Å². The molecular weight excluding hydrogens is 170 g/mol. The highest BCUT2D eigenvalue weighted by Crippen LogP contribution is 1.99. The number of hydrogen-bond acceptors (Lipinski definition) is 3. The molecule has 0 bridgehead atoms. The lowest BCUT2D eigenvalue weighted by molar-refractivity contribution is 0.122. The van der Waals surface area contributed by atoms with Gasteiger partial charge in [0.1, 0.15) is 0 Å². The molecule has 0 saturated heterocycles. The molecule has 0 atom stereocenters. The van der Waals surface area contributed by atoms with Crippen molar-refractivity contribution in [3.8, 4) is 0 Å². The first kappa shape index (κ1) is 9.47. The van der Waals surface area contributed by atoms with E-state index in [4.69, 9.17) is 5.11 Å². The van der Waals surface area contributed by atoms with Crippen molar-refractivity contribution in [2.45, 2.75) is 6.54 Å². The Morgan fingerprint density at radius 3 is 3.00 bits per heavy atom. The van der Waals surface area contributed by atoms with Crippen LogP contribution in [0.4, 0.5) is 4.79 Å². The smallest absolute Gasteiger partial charge is 0.422 e. The van der Waals surface area contributed by atoms with Gasteiger partial charge in [-0.15, -0.1) is 0 Å². The van der Waals surface area contributed by atoms with Crippen LogP contribution in [0.25, 0.3) is 0 Å². The largest absolute Gasteiger partial charge is 0.464 e. The topological polar surface area (TPSA) is 65.5 Å². The second-order valence-corrected chi connectivity index (χ2v) is 2.45. The number of rotatable bonds is 3. The fourth-order valence-electron chi connectivity index (χ4n) is 0.917. The summed E-state index contributed by atoms with van der Waals surface area (Å²) in [5.74, 6) is 0. The summed E-state index contributed by atoms with van der Waals surface area (Å²) in [7, 11) is 1.56. The summed E-state index contributed by atoms with van der Waals surface area (Å²) in [5, 5.41) is 9.76. The average molecular weight is 181 g/mol. The zero-order valence-corrected chi connectivity index (χ0v) is 7.27. The summed E-state index contributed by atoms with van der Waals surface area (Å²) in [5.41, 5.74) is 3.40. The molecule has 1 aromatic rings. The lowest BCUT2D eigenvalue weighted by atomic mass is 10.3. The number of carboxylic acid groups (broad SMARTS) is 1. The summed E-state index contributed by atoms with van der Waals surface area (Å²) >= 11 is 0. The Bertz CT molecular complexity index is 276. The quantitative estimate of drug-likeness (QED) is 0.673. The maximum atomic E-state index is 10.6. The van der Waals surface area contributed by atoms with Crippen LogP contribution in [0.5, 0.6) is 0 Å². The molecule has 5 heteroatoms. The zero-order chi connectivity index (χ0) is 9.68. The van der Waals surface area contributed by atoms with E-state index in [2.05, 4.69) is 10.4 Å². The van der Waals surface area contributed by atoms with E-state index >= 15 is 0 Å². The summed E-state index contributed by atoms with van der Waals surface area (Å²) < 4.78 is 0. The molecule has 0 spiro atoms. The van der Waals surface area contributed by atoms with Crippen LogP contribution in [-0.2, 0) is 6.54 Å². The van der Waals surface area contributed by atoms with E-state index in [9.17, 15) is 4.79 Å². The van der Waals surface area contributed by atoms with Gasteiger partial charge >= 0.3 is 6.09 Å². The molecule has 13 heavy (non-hydrogen) atoms. The van der Waals surface area contributed by atoms with Gasteiger partial charge < -0.3 is 5.11 Å². The van der Waals surface area contributed by atoms with Gasteiger partial charge in [-0.1, -0.05) is 6.07 Å². The van der Waals surface area contributed by atoms with Crippen molar-refractivity contribution < 1.29 is 9.90 Å². The number of nitrogens with one attached hydrogen (secondary N) is 1. The highest BCUT2D eigenvalue weighted by molar-refractivity contribution is 5.64. The van der Waals surface area contributed by atoms with Crippen molar-refractivity contribution in [1.29, 1.82) is 0 Å². The Balaban J connectivity index is 2.62. The van der Waals surface area contributed by atoms with Crippen molar-refractivity contribution in [3.05, 3.63) is 30.1 Å². The minimum Gasteiger partial charge on any atom is -0.464 e. The molecule has 0 fully saturated rings. The average Bonchev–Trinajstić information content (AvgIpc) is 2.15. The lowest BCUT2D eigenvalue weighted by Crippen LogP contribution is -2.38. The van der Waals surface area contributed by atoms with E-state index in [1.54, 1.807) is 25.5 Å². The van der Waals surface area contributed by atoms with Gasteiger partial charge in [0.15, 0.2) is 0 Å². The van der Waals surface area contributed by atoms with Crippen LogP contribution in [0.3, 0.4) is 0 Å². The van der Waals surface area contributed by atoms with Crippen molar-refractivity contribution in [2.75, 3.05) is 7.05 Å². The highest BCUT2D eigenvalue weighted by Gasteiger charge is 2.08. The molecule has 0 saturated carbocycles. The third kappa shape index (κ3) is 2.72. The Morgan fingerprint density at radius 2 is 2.54 bits per heavy atom. The minimum absolute atomic E-state index is 0.291. The van der Waals surface area contributed by atoms with E-state index in [1.807, 2.05) is 6.07 Å². The molecule has 0 aromatic carbocycles. The third-order valence-corrected chi connectivity index (χ3v) is 1.56. The molecule has 0 aliphatic carbocycles. The van der Waals surface area contributed by atoms with E-state index in [0.717, 1.165) is 10.6 Å². The number of hydrazine groups is 1. The van der Waals surface area contributed by atoms with Gasteiger partial charge in [-0.25, -0.2) is 15.2 Å². The molecular formula is C8H11N3O2. The van der Waals surface area contributed by atoms with Gasteiger partial charge in [-0.2, -0.15) is 0 Å². The molecule has 0 aliphatic rings. The first-order valence-electron chi connectivity index (χ1n) is 3.81. The lowest BCUT2D eigenvalue weighted by Gasteiger charge is -2.16. The first-order valence-corrected chi connectivity index (χ1v) is 3.81. The fraction of sp³-hybridized carbons (Fsp3) is 0.250. The van der Waals surface area contributed by atoms with Crippen LogP contribution < -0.4 is 5.43 Å². The van der Waals surface area contributed by atoms with E-state index in [0.29, 0.717) is 6.54 Å². The van der Waals surface area contributed by atoms with Gasteiger partial charge in [-0.3, -0.25) is 4.98 Å². The van der Waals surface area contributed by atoms with Crippen LogP contribution in [-0.4, -0.2) is 28.2 Å². The normalized spacial score (nSPS) is 9.62. The Morgan fingerprint density at radius 1 is 1.77 bits per heavy atom. The number of amides is 1. The van der Waals surface area contributed by atoms with E-state index < -0.39 is 6.09 Å². The summed E-state index contributed by atoms with van der Waals surface area (Å²) in [4.78, 5) is 14.5. The van der Waals surface area contributed by atoms with Crippen LogP contribution in [0.2, 0.25) is 0 Å². The Labute approximate surface area is 76.0 Å². The second kappa shape index (κ2) is 4.42. The SMILES string of the molecule is CNN(Cc1cccnc1)C(=O)O. The van der Waals surface area contributed by atoms with Crippen molar-refractivity contribution in [1.82, 2.24) is 15.4 Å².